The van der Waals surface area contributed by atoms with Gasteiger partial charge < -0.3 is 16.0 Å². The lowest BCUT2D eigenvalue weighted by Gasteiger charge is -2.27. The van der Waals surface area contributed by atoms with Gasteiger partial charge in [0.2, 0.25) is 5.91 Å². The van der Waals surface area contributed by atoms with Gasteiger partial charge in [-0.3, -0.25) is 4.79 Å². The quantitative estimate of drug-likeness (QED) is 0.873. The van der Waals surface area contributed by atoms with E-state index in [-0.39, 0.29) is 11.9 Å². The molecule has 1 aliphatic heterocycles. The minimum atomic E-state index is -0.112. The number of hydrogen-bond acceptors (Lipinski definition) is 3. The molecule has 2 rings (SSSR count). The van der Waals surface area contributed by atoms with Crippen LogP contribution in [0.4, 0.5) is 5.69 Å². The van der Waals surface area contributed by atoms with E-state index < -0.39 is 0 Å². The van der Waals surface area contributed by atoms with Gasteiger partial charge in [0.25, 0.3) is 0 Å². The highest BCUT2D eigenvalue weighted by molar-refractivity contribution is 6.31. The molecule has 98 valence electrons. The Hall–Kier alpha value is -1.26. The van der Waals surface area contributed by atoms with Gasteiger partial charge in [-0.05, 0) is 25.0 Å². The minimum Gasteiger partial charge on any atom is -0.359 e. The number of halogens is 1. The number of hydrogen-bond donors (Lipinski definition) is 2. The Morgan fingerprint density at radius 1 is 1.61 bits per heavy atom. The Morgan fingerprint density at radius 3 is 3.06 bits per heavy atom. The zero-order valence-corrected chi connectivity index (χ0v) is 11.2. The Kier molecular flexibility index (Phi) is 4.09. The maximum atomic E-state index is 11.9. The van der Waals surface area contributed by atoms with Crippen LogP contribution in [0.5, 0.6) is 0 Å². The fourth-order valence-electron chi connectivity index (χ4n) is 2.51. The highest BCUT2D eigenvalue weighted by Crippen LogP contribution is 2.32. The van der Waals surface area contributed by atoms with Crippen molar-refractivity contribution in [2.75, 3.05) is 18.5 Å². The van der Waals surface area contributed by atoms with Gasteiger partial charge in [0.15, 0.2) is 0 Å². The van der Waals surface area contributed by atoms with Crippen LogP contribution in [-0.2, 0) is 11.3 Å². The van der Waals surface area contributed by atoms with E-state index in [0.717, 1.165) is 30.6 Å². The van der Waals surface area contributed by atoms with Crippen molar-refractivity contribution in [1.82, 2.24) is 5.32 Å². The molecule has 1 atom stereocenters. The van der Waals surface area contributed by atoms with E-state index in [0.29, 0.717) is 11.6 Å². The summed E-state index contributed by atoms with van der Waals surface area (Å²) in [4.78, 5) is 14.0. The highest BCUT2D eigenvalue weighted by Gasteiger charge is 2.31. The van der Waals surface area contributed by atoms with Gasteiger partial charge in [-0.1, -0.05) is 17.7 Å². The van der Waals surface area contributed by atoms with E-state index in [4.69, 9.17) is 17.3 Å². The summed E-state index contributed by atoms with van der Waals surface area (Å²) < 4.78 is 0. The number of carbonyl (C=O) groups is 1. The van der Waals surface area contributed by atoms with Crippen LogP contribution in [0.1, 0.15) is 18.4 Å². The van der Waals surface area contributed by atoms with Crippen LogP contribution in [0.3, 0.4) is 0 Å². The fraction of sp³-hybridized carbons (Fsp3) is 0.462. The van der Waals surface area contributed by atoms with Crippen molar-refractivity contribution in [2.45, 2.75) is 25.4 Å². The van der Waals surface area contributed by atoms with Crippen LogP contribution in [0.15, 0.2) is 18.2 Å². The van der Waals surface area contributed by atoms with Crippen molar-refractivity contribution in [2.24, 2.45) is 5.73 Å². The van der Waals surface area contributed by atoms with Crippen LogP contribution >= 0.6 is 11.6 Å². The van der Waals surface area contributed by atoms with Gasteiger partial charge >= 0.3 is 0 Å². The molecule has 0 radical (unpaired) electrons. The molecule has 1 aliphatic rings. The SMILES string of the molecule is CNC(=O)C1CCCN1c1cccc(Cl)c1CN. The van der Waals surface area contributed by atoms with Gasteiger partial charge in [-0.25, -0.2) is 0 Å². The number of carbonyl (C=O) groups excluding carboxylic acids is 1. The molecule has 0 aromatic heterocycles. The molecule has 3 N–H and O–H groups in total. The van der Waals surface area contributed by atoms with Gasteiger partial charge in [0.05, 0.1) is 0 Å². The molecule has 0 spiro atoms. The van der Waals surface area contributed by atoms with E-state index >= 15 is 0 Å². The minimum absolute atomic E-state index is 0.0513. The maximum absolute atomic E-state index is 11.9. The molecule has 1 unspecified atom stereocenters. The van der Waals surface area contributed by atoms with Gasteiger partial charge in [-0.2, -0.15) is 0 Å². The van der Waals surface area contributed by atoms with Crippen molar-refractivity contribution in [1.29, 1.82) is 0 Å². The lowest BCUT2D eigenvalue weighted by molar-refractivity contribution is -0.121. The van der Waals surface area contributed by atoms with Crippen molar-refractivity contribution in [3.63, 3.8) is 0 Å². The number of benzene rings is 1. The normalized spacial score (nSPS) is 19.1. The number of anilines is 1. The van der Waals surface area contributed by atoms with E-state index in [1.807, 2.05) is 18.2 Å². The fourth-order valence-corrected chi connectivity index (χ4v) is 2.76. The summed E-state index contributed by atoms with van der Waals surface area (Å²) in [6.07, 6.45) is 1.88. The third-order valence-electron chi connectivity index (χ3n) is 3.41. The topological polar surface area (TPSA) is 58.4 Å². The van der Waals surface area contributed by atoms with Crippen LogP contribution in [0, 0.1) is 0 Å². The lowest BCUT2D eigenvalue weighted by atomic mass is 10.1. The Bertz CT molecular complexity index is 450. The maximum Gasteiger partial charge on any atom is 0.242 e. The van der Waals surface area contributed by atoms with E-state index in [1.165, 1.54) is 0 Å². The van der Waals surface area contributed by atoms with E-state index in [1.54, 1.807) is 7.05 Å². The molecule has 0 aliphatic carbocycles. The van der Waals surface area contributed by atoms with Crippen molar-refractivity contribution >= 4 is 23.2 Å². The zero-order chi connectivity index (χ0) is 13.1. The van der Waals surface area contributed by atoms with Crippen molar-refractivity contribution < 1.29 is 4.79 Å². The number of amides is 1. The lowest BCUT2D eigenvalue weighted by Crippen LogP contribution is -2.42. The number of rotatable bonds is 3. The smallest absolute Gasteiger partial charge is 0.242 e. The van der Waals surface area contributed by atoms with E-state index in [9.17, 15) is 4.79 Å². The van der Waals surface area contributed by atoms with Crippen LogP contribution in [0.25, 0.3) is 0 Å². The predicted octanol–water partition coefficient (Wildman–Crippen LogP) is 1.51. The van der Waals surface area contributed by atoms with E-state index in [2.05, 4.69) is 10.2 Å². The molecule has 1 heterocycles. The van der Waals surface area contributed by atoms with Gasteiger partial charge in [0, 0.05) is 36.4 Å². The van der Waals surface area contributed by atoms with Gasteiger partial charge in [0.1, 0.15) is 6.04 Å². The molecule has 5 heteroatoms. The second-order valence-corrected chi connectivity index (χ2v) is 4.81. The second-order valence-electron chi connectivity index (χ2n) is 4.41. The first kappa shape index (κ1) is 13.2. The second kappa shape index (κ2) is 5.59. The Labute approximate surface area is 112 Å². The molecule has 0 bridgehead atoms. The van der Waals surface area contributed by atoms with Crippen LogP contribution in [-0.4, -0.2) is 25.5 Å². The molecule has 1 amide bonds. The summed E-state index contributed by atoms with van der Waals surface area (Å²) in [5.41, 5.74) is 7.66. The summed E-state index contributed by atoms with van der Waals surface area (Å²) in [6, 6.07) is 5.60. The number of likely N-dealkylation sites (N-methyl/N-ethyl adjacent to an activating group) is 1. The Balaban J connectivity index is 2.36. The van der Waals surface area contributed by atoms with Crippen LogP contribution < -0.4 is 16.0 Å². The third-order valence-corrected chi connectivity index (χ3v) is 3.76. The molecule has 4 nitrogen and oxygen atoms in total. The molecule has 18 heavy (non-hydrogen) atoms. The molecule has 1 fully saturated rings. The number of nitrogens with two attached hydrogens (primary N) is 1. The average Bonchev–Trinajstić information content (AvgIpc) is 2.86. The van der Waals surface area contributed by atoms with Crippen molar-refractivity contribution in [3.05, 3.63) is 28.8 Å². The number of nitrogens with one attached hydrogen (secondary N) is 1. The first-order valence-electron chi connectivity index (χ1n) is 6.14. The molecular weight excluding hydrogens is 250 g/mol. The Morgan fingerprint density at radius 2 is 2.39 bits per heavy atom. The summed E-state index contributed by atoms with van der Waals surface area (Å²) in [5.74, 6) is 0.0513. The number of nitrogens with zero attached hydrogens (tertiary/aromatic N) is 1. The molecule has 0 saturated carbocycles. The third kappa shape index (κ3) is 2.31. The van der Waals surface area contributed by atoms with Crippen LogP contribution in [0.2, 0.25) is 5.02 Å². The zero-order valence-electron chi connectivity index (χ0n) is 10.4. The first-order chi connectivity index (χ1) is 8.69. The summed E-state index contributed by atoms with van der Waals surface area (Å²) in [5, 5.41) is 3.38. The molecule has 1 aromatic carbocycles. The predicted molar refractivity (Wildman–Crippen MR) is 73.8 cm³/mol. The van der Waals surface area contributed by atoms with Crippen molar-refractivity contribution in [3.8, 4) is 0 Å². The molecule has 1 aromatic rings. The highest BCUT2D eigenvalue weighted by atomic mass is 35.5. The first-order valence-corrected chi connectivity index (χ1v) is 6.52. The molecular formula is C13H18ClN3O. The standard InChI is InChI=1S/C13H18ClN3O/c1-16-13(18)12-6-3-7-17(12)11-5-2-4-10(14)9(11)8-15/h2,4-5,12H,3,6-8,15H2,1H3,(H,16,18). The average molecular weight is 268 g/mol. The largest absolute Gasteiger partial charge is 0.359 e. The van der Waals surface area contributed by atoms with Gasteiger partial charge in [-0.15, -0.1) is 0 Å². The monoisotopic (exact) mass is 267 g/mol. The molecule has 1 saturated heterocycles. The summed E-state index contributed by atoms with van der Waals surface area (Å²) in [7, 11) is 1.67. The summed E-state index contributed by atoms with van der Waals surface area (Å²) in [6.45, 7) is 1.25. The summed E-state index contributed by atoms with van der Waals surface area (Å²) >= 11 is 6.16.